The SMILES string of the molecule is N#Cc1ccc(-c2ccc(C[C@H](NC(=O)[C@@H]3Cc4cc5c(cc4CN3Cc3nccs3)OC(c3ccc(OCc4ccc(Cl)c(Cl)c4)cc3)C(=O)C5)C(=O)O)cc2)cc1. The summed E-state index contributed by atoms with van der Waals surface area (Å²) in [6.45, 7) is 1.08. The molecule has 0 bridgehead atoms. The van der Waals surface area contributed by atoms with Crippen LogP contribution in [-0.2, 0) is 53.3 Å². The molecular formula is C46H36Cl2N4O6S. The van der Waals surface area contributed by atoms with Crippen LogP contribution in [0.2, 0.25) is 10.0 Å². The van der Waals surface area contributed by atoms with Crippen molar-refractivity contribution in [3.8, 4) is 28.7 Å². The van der Waals surface area contributed by atoms with Gasteiger partial charge in [-0.2, -0.15) is 5.26 Å². The Morgan fingerprint density at radius 3 is 2.34 bits per heavy atom. The summed E-state index contributed by atoms with van der Waals surface area (Å²) in [7, 11) is 0. The van der Waals surface area contributed by atoms with E-state index in [0.717, 1.165) is 44.0 Å². The second-order valence-electron chi connectivity index (χ2n) is 14.5. The highest BCUT2D eigenvalue weighted by Crippen LogP contribution is 2.38. The number of carboxylic acid groups (broad SMARTS) is 1. The molecule has 59 heavy (non-hydrogen) atoms. The molecule has 2 aliphatic heterocycles. The molecule has 0 saturated heterocycles. The maximum atomic E-state index is 14.1. The first-order chi connectivity index (χ1) is 28.6. The lowest BCUT2D eigenvalue weighted by molar-refractivity contribution is -0.142. The van der Waals surface area contributed by atoms with Crippen LogP contribution >= 0.6 is 34.5 Å². The number of rotatable bonds is 12. The summed E-state index contributed by atoms with van der Waals surface area (Å²) in [5.74, 6) is -0.389. The fourth-order valence-electron chi connectivity index (χ4n) is 7.43. The van der Waals surface area contributed by atoms with E-state index in [2.05, 4.69) is 16.4 Å². The highest BCUT2D eigenvalue weighted by Gasteiger charge is 2.37. The lowest BCUT2D eigenvalue weighted by atomic mass is 9.88. The molecule has 0 saturated carbocycles. The molecule has 10 nitrogen and oxygen atoms in total. The fraction of sp³-hybridized carbons (Fsp3) is 0.196. The number of halogens is 2. The molecule has 1 unspecified atom stereocenters. The number of nitriles is 1. The summed E-state index contributed by atoms with van der Waals surface area (Å²) >= 11 is 13.7. The molecule has 5 aromatic carbocycles. The van der Waals surface area contributed by atoms with Crippen LogP contribution in [0.3, 0.4) is 0 Å². The van der Waals surface area contributed by atoms with E-state index in [9.17, 15) is 19.5 Å². The molecule has 2 N–H and O–H groups in total. The van der Waals surface area contributed by atoms with Crippen molar-refractivity contribution in [3.63, 3.8) is 0 Å². The van der Waals surface area contributed by atoms with Gasteiger partial charge in [-0.3, -0.25) is 14.5 Å². The molecular weight excluding hydrogens is 808 g/mol. The monoisotopic (exact) mass is 842 g/mol. The Bertz CT molecular complexity index is 2560. The number of carboxylic acids is 1. The summed E-state index contributed by atoms with van der Waals surface area (Å²) in [5.41, 5.74) is 7.36. The minimum atomic E-state index is -1.17. The molecule has 0 aliphatic carbocycles. The molecule has 13 heteroatoms. The number of ether oxygens (including phenoxy) is 2. The lowest BCUT2D eigenvalue weighted by Crippen LogP contribution is -2.54. The van der Waals surface area contributed by atoms with E-state index >= 15 is 0 Å². The zero-order chi connectivity index (χ0) is 41.0. The number of Topliss-reactive ketones (excluding diaryl/α,β-unsaturated/α-hetero) is 1. The minimum absolute atomic E-state index is 0.0904. The Hall–Kier alpha value is -6.03. The van der Waals surface area contributed by atoms with Gasteiger partial charge in [0.25, 0.3) is 0 Å². The largest absolute Gasteiger partial charge is 0.489 e. The second kappa shape index (κ2) is 17.4. The van der Waals surface area contributed by atoms with Crippen molar-refractivity contribution in [3.05, 3.63) is 169 Å². The minimum Gasteiger partial charge on any atom is -0.489 e. The number of benzene rings is 5. The summed E-state index contributed by atoms with van der Waals surface area (Å²) in [6, 6.07) is 31.5. The van der Waals surface area contributed by atoms with E-state index in [1.807, 2.05) is 77.0 Å². The smallest absolute Gasteiger partial charge is 0.326 e. The number of nitrogens with one attached hydrogen (secondary N) is 1. The van der Waals surface area contributed by atoms with E-state index in [1.54, 1.807) is 42.6 Å². The maximum Gasteiger partial charge on any atom is 0.326 e. The van der Waals surface area contributed by atoms with Crippen LogP contribution < -0.4 is 14.8 Å². The summed E-state index contributed by atoms with van der Waals surface area (Å²) in [6.07, 6.45) is 1.49. The Kier molecular flexibility index (Phi) is 11.8. The standard InChI is InChI=1S/C46H36Cl2N4O6S/c47-37-14-5-29(17-38(37)48)26-57-36-12-10-32(11-13-36)44-41(53)21-34-19-33-20-40(52(25-43-50-15-16-59-43)24-35(33)22-42(34)58-44)45(54)51-39(46(55)56)18-27-1-6-30(7-2-27)31-8-3-28(23-49)4-9-31/h1-17,19,22,39-40,44H,18,20-21,24-26H2,(H,51,54)(H,55,56)/t39-,40-,44?/m0/s1. The van der Waals surface area contributed by atoms with Crippen LogP contribution in [0.4, 0.5) is 0 Å². The number of nitrogens with zero attached hydrogens (tertiary/aromatic N) is 3. The van der Waals surface area contributed by atoms with Gasteiger partial charge in [0.1, 0.15) is 29.2 Å². The fourth-order valence-corrected chi connectivity index (χ4v) is 8.40. The Morgan fingerprint density at radius 1 is 0.932 bits per heavy atom. The molecule has 0 radical (unpaired) electrons. The summed E-state index contributed by atoms with van der Waals surface area (Å²) in [4.78, 5) is 46.6. The number of fused-ring (bicyclic) bond motifs is 2. The molecule has 0 fully saturated rings. The number of aliphatic carboxylic acids is 1. The third-order valence-electron chi connectivity index (χ3n) is 10.6. The van der Waals surface area contributed by atoms with Gasteiger partial charge < -0.3 is 19.9 Å². The van der Waals surface area contributed by atoms with E-state index in [0.29, 0.717) is 58.8 Å². The first-order valence-corrected chi connectivity index (χ1v) is 20.5. The van der Waals surface area contributed by atoms with Gasteiger partial charge in [0.2, 0.25) is 5.91 Å². The van der Waals surface area contributed by atoms with Crippen LogP contribution in [0, 0.1) is 11.3 Å². The van der Waals surface area contributed by atoms with Crippen LogP contribution in [0.1, 0.15) is 50.1 Å². The molecule has 6 aromatic rings. The molecule has 8 rings (SSSR count). The van der Waals surface area contributed by atoms with Gasteiger partial charge in [0.05, 0.1) is 34.3 Å². The number of thiazole rings is 1. The van der Waals surface area contributed by atoms with Gasteiger partial charge >= 0.3 is 5.97 Å². The van der Waals surface area contributed by atoms with Crippen molar-refractivity contribution < 1.29 is 29.0 Å². The normalized spacial score (nSPS) is 16.5. The predicted octanol–water partition coefficient (Wildman–Crippen LogP) is 8.55. The van der Waals surface area contributed by atoms with Gasteiger partial charge in [0.15, 0.2) is 11.9 Å². The number of carbonyl (C=O) groups excluding carboxylic acids is 2. The predicted molar refractivity (Wildman–Crippen MR) is 224 cm³/mol. The van der Waals surface area contributed by atoms with Gasteiger partial charge in [-0.05, 0) is 82.3 Å². The average Bonchev–Trinajstić information content (AvgIpc) is 3.76. The van der Waals surface area contributed by atoms with Crippen molar-refractivity contribution in [2.75, 3.05) is 0 Å². The zero-order valence-electron chi connectivity index (χ0n) is 31.4. The highest BCUT2D eigenvalue weighted by atomic mass is 35.5. The van der Waals surface area contributed by atoms with Crippen molar-refractivity contribution >= 4 is 52.2 Å². The quantitative estimate of drug-likeness (QED) is 0.124. The second-order valence-corrected chi connectivity index (χ2v) is 16.3. The first-order valence-electron chi connectivity index (χ1n) is 18.9. The Morgan fingerprint density at radius 2 is 1.66 bits per heavy atom. The highest BCUT2D eigenvalue weighted by molar-refractivity contribution is 7.09. The summed E-state index contributed by atoms with van der Waals surface area (Å²) in [5, 5.41) is 25.8. The summed E-state index contributed by atoms with van der Waals surface area (Å²) < 4.78 is 12.3. The van der Waals surface area contributed by atoms with Crippen molar-refractivity contribution in [1.29, 1.82) is 5.26 Å². The van der Waals surface area contributed by atoms with Crippen LogP contribution in [0.15, 0.2) is 115 Å². The van der Waals surface area contributed by atoms with Crippen molar-refractivity contribution in [2.45, 2.75) is 57.1 Å². The Balaban J connectivity index is 0.962. The van der Waals surface area contributed by atoms with Crippen molar-refractivity contribution in [1.82, 2.24) is 15.2 Å². The molecule has 3 atom stereocenters. The van der Waals surface area contributed by atoms with Gasteiger partial charge in [-0.1, -0.05) is 83.9 Å². The number of aromatic nitrogens is 1. The van der Waals surface area contributed by atoms with Gasteiger partial charge in [-0.15, -0.1) is 11.3 Å². The zero-order valence-corrected chi connectivity index (χ0v) is 33.8. The third-order valence-corrected chi connectivity index (χ3v) is 12.1. The first kappa shape index (κ1) is 39.8. The van der Waals surface area contributed by atoms with E-state index in [1.165, 1.54) is 11.3 Å². The molecule has 1 amide bonds. The maximum absolute atomic E-state index is 14.1. The topological polar surface area (TPSA) is 142 Å². The molecule has 1 aromatic heterocycles. The van der Waals surface area contributed by atoms with E-state index in [-0.39, 0.29) is 18.6 Å². The van der Waals surface area contributed by atoms with E-state index < -0.39 is 30.1 Å². The van der Waals surface area contributed by atoms with Crippen LogP contribution in [0.25, 0.3) is 11.1 Å². The van der Waals surface area contributed by atoms with Gasteiger partial charge in [-0.25, -0.2) is 9.78 Å². The number of carbonyl (C=O) groups is 3. The van der Waals surface area contributed by atoms with E-state index in [4.69, 9.17) is 37.9 Å². The van der Waals surface area contributed by atoms with Crippen LogP contribution in [-0.4, -0.2) is 44.7 Å². The number of hydrogen-bond acceptors (Lipinski definition) is 9. The molecule has 296 valence electrons. The number of amides is 1. The Labute approximate surface area is 354 Å². The number of ketones is 1. The van der Waals surface area contributed by atoms with Crippen LogP contribution in [0.5, 0.6) is 11.5 Å². The average molecular weight is 844 g/mol. The molecule has 0 spiro atoms. The van der Waals surface area contributed by atoms with Crippen molar-refractivity contribution in [2.24, 2.45) is 0 Å². The van der Waals surface area contributed by atoms with Gasteiger partial charge in [0, 0.05) is 42.1 Å². The lowest BCUT2D eigenvalue weighted by Gasteiger charge is -2.37. The number of hydrogen-bond donors (Lipinski definition) is 2. The molecule has 2 aliphatic rings. The molecule has 3 heterocycles. The third kappa shape index (κ3) is 9.17.